The Bertz CT molecular complexity index is 1180. The van der Waals surface area contributed by atoms with Crippen LogP contribution in [0.2, 0.25) is 0 Å². The molecule has 0 atom stereocenters. The molecule has 5 nitrogen and oxygen atoms in total. The summed E-state index contributed by atoms with van der Waals surface area (Å²) in [6.07, 6.45) is 6.73. The predicted octanol–water partition coefficient (Wildman–Crippen LogP) is 5.89. The molecule has 0 amide bonds. The maximum absolute atomic E-state index is 4.67. The van der Waals surface area contributed by atoms with E-state index in [4.69, 9.17) is 0 Å². The Morgan fingerprint density at radius 1 is 0.500 bits per heavy atom. The van der Waals surface area contributed by atoms with Gasteiger partial charge in [-0.15, -0.1) is 0 Å². The number of hydrogen-bond acceptors (Lipinski definition) is 5. The molecule has 3 heterocycles. The molecule has 0 N–H and O–H groups in total. The number of rotatable bonds is 12. The highest BCUT2D eigenvalue weighted by atomic mass is 15.2. The third-order valence-electron chi connectivity index (χ3n) is 6.67. The maximum Gasteiger partial charge on any atom is 0.0573 e. The third kappa shape index (κ3) is 7.54. The second kappa shape index (κ2) is 13.1. The van der Waals surface area contributed by atoms with Gasteiger partial charge >= 0.3 is 0 Å². The van der Waals surface area contributed by atoms with Crippen LogP contribution in [-0.4, -0.2) is 37.8 Å². The molecule has 0 aliphatic heterocycles. The summed E-state index contributed by atoms with van der Waals surface area (Å²) in [5.74, 6) is 0. The molecule has 36 heavy (non-hydrogen) atoms. The van der Waals surface area contributed by atoms with Gasteiger partial charge in [0.1, 0.15) is 0 Å². The van der Waals surface area contributed by atoms with Gasteiger partial charge < -0.3 is 0 Å². The molecule has 4 aromatic rings. The molecule has 0 spiro atoms. The fraction of sp³-hybridized carbons (Fsp3) is 0.323. The van der Waals surface area contributed by atoms with Crippen LogP contribution in [0.5, 0.6) is 0 Å². The van der Waals surface area contributed by atoms with Crippen molar-refractivity contribution in [3.8, 4) is 0 Å². The molecule has 1 aromatic carbocycles. The van der Waals surface area contributed by atoms with E-state index in [0.717, 1.165) is 62.8 Å². The Kier molecular flexibility index (Phi) is 9.31. The van der Waals surface area contributed by atoms with Crippen LogP contribution in [0, 0.1) is 20.8 Å². The van der Waals surface area contributed by atoms with Gasteiger partial charge in [-0.25, -0.2) is 0 Å². The van der Waals surface area contributed by atoms with Gasteiger partial charge in [0.05, 0.1) is 17.1 Å². The summed E-state index contributed by atoms with van der Waals surface area (Å²) >= 11 is 0. The molecule has 186 valence electrons. The summed E-state index contributed by atoms with van der Waals surface area (Å²) in [5.41, 5.74) is 8.46. The molecule has 5 heteroatoms. The second-order valence-electron chi connectivity index (χ2n) is 9.56. The van der Waals surface area contributed by atoms with Gasteiger partial charge in [0.25, 0.3) is 0 Å². The monoisotopic (exact) mass is 479 g/mol. The second-order valence-corrected chi connectivity index (χ2v) is 9.56. The Morgan fingerprint density at radius 3 is 1.33 bits per heavy atom. The smallest absolute Gasteiger partial charge is 0.0573 e. The predicted molar refractivity (Wildman–Crippen MR) is 146 cm³/mol. The molecule has 0 aliphatic carbocycles. The van der Waals surface area contributed by atoms with Gasteiger partial charge in [0, 0.05) is 57.9 Å². The van der Waals surface area contributed by atoms with Crippen LogP contribution < -0.4 is 0 Å². The molecular formula is C31H37N5. The van der Waals surface area contributed by atoms with Gasteiger partial charge in [0.2, 0.25) is 0 Å². The summed E-state index contributed by atoms with van der Waals surface area (Å²) in [6.45, 7) is 11.8. The highest BCUT2D eigenvalue weighted by Gasteiger charge is 2.14. The van der Waals surface area contributed by atoms with E-state index in [1.165, 1.54) is 22.3 Å². The summed E-state index contributed by atoms with van der Waals surface area (Å²) in [7, 11) is 0. The Balaban J connectivity index is 1.46. The van der Waals surface area contributed by atoms with E-state index in [1.54, 1.807) is 0 Å². The van der Waals surface area contributed by atoms with E-state index >= 15 is 0 Å². The van der Waals surface area contributed by atoms with Crippen LogP contribution in [0.15, 0.2) is 85.3 Å². The fourth-order valence-electron chi connectivity index (χ4n) is 4.47. The SMILES string of the molecule is Cc1cccnc1CN(CCCN(Cc1ncccc1C)Cc1ncccc1C)Cc1ccccc1. The molecule has 0 fully saturated rings. The Hall–Kier alpha value is -3.41. The summed E-state index contributed by atoms with van der Waals surface area (Å²) in [6, 6.07) is 23.2. The van der Waals surface area contributed by atoms with E-state index < -0.39 is 0 Å². The standard InChI is InChI=1S/C31H37N5/c1-25-11-7-16-32-29(25)22-35(21-28-14-5-4-6-15-28)19-10-20-36(23-30-26(2)12-8-17-33-30)24-31-27(3)13-9-18-34-31/h4-9,11-18H,10,19-24H2,1-3H3. The molecule has 0 saturated carbocycles. The fourth-order valence-corrected chi connectivity index (χ4v) is 4.47. The number of hydrogen-bond donors (Lipinski definition) is 0. The zero-order chi connectivity index (χ0) is 25.2. The topological polar surface area (TPSA) is 45.2 Å². The minimum Gasteiger partial charge on any atom is -0.293 e. The average Bonchev–Trinajstić information content (AvgIpc) is 2.88. The largest absolute Gasteiger partial charge is 0.293 e. The Morgan fingerprint density at radius 2 is 0.917 bits per heavy atom. The van der Waals surface area contributed by atoms with Crippen molar-refractivity contribution >= 4 is 0 Å². The van der Waals surface area contributed by atoms with Gasteiger partial charge in [-0.2, -0.15) is 0 Å². The zero-order valence-electron chi connectivity index (χ0n) is 21.8. The van der Waals surface area contributed by atoms with Gasteiger partial charge in [-0.1, -0.05) is 48.5 Å². The summed E-state index contributed by atoms with van der Waals surface area (Å²) < 4.78 is 0. The van der Waals surface area contributed by atoms with E-state index in [9.17, 15) is 0 Å². The quantitative estimate of drug-likeness (QED) is 0.253. The van der Waals surface area contributed by atoms with Crippen LogP contribution in [-0.2, 0) is 26.2 Å². The van der Waals surface area contributed by atoms with Crippen LogP contribution in [0.1, 0.15) is 45.8 Å². The van der Waals surface area contributed by atoms with Crippen molar-refractivity contribution in [3.63, 3.8) is 0 Å². The molecule has 0 aliphatic rings. The first-order valence-corrected chi connectivity index (χ1v) is 12.8. The Labute approximate surface area is 215 Å². The minimum absolute atomic E-state index is 0.820. The summed E-state index contributed by atoms with van der Waals surface area (Å²) in [4.78, 5) is 19.0. The van der Waals surface area contributed by atoms with Crippen molar-refractivity contribution in [1.29, 1.82) is 0 Å². The lowest BCUT2D eigenvalue weighted by Gasteiger charge is -2.26. The van der Waals surface area contributed by atoms with Crippen LogP contribution in [0.4, 0.5) is 0 Å². The summed E-state index contributed by atoms with van der Waals surface area (Å²) in [5, 5.41) is 0. The average molecular weight is 480 g/mol. The molecule has 0 radical (unpaired) electrons. The van der Waals surface area contributed by atoms with Crippen LogP contribution in [0.3, 0.4) is 0 Å². The van der Waals surface area contributed by atoms with E-state index in [0.29, 0.717) is 0 Å². The van der Waals surface area contributed by atoms with E-state index in [-0.39, 0.29) is 0 Å². The van der Waals surface area contributed by atoms with Crippen molar-refractivity contribution in [2.45, 2.75) is 53.4 Å². The zero-order valence-corrected chi connectivity index (χ0v) is 21.8. The van der Waals surface area contributed by atoms with Crippen LogP contribution in [0.25, 0.3) is 0 Å². The third-order valence-corrected chi connectivity index (χ3v) is 6.67. The maximum atomic E-state index is 4.67. The highest BCUT2D eigenvalue weighted by molar-refractivity contribution is 5.20. The van der Waals surface area contributed by atoms with Crippen molar-refractivity contribution in [1.82, 2.24) is 24.8 Å². The van der Waals surface area contributed by atoms with Crippen LogP contribution >= 0.6 is 0 Å². The van der Waals surface area contributed by atoms with E-state index in [1.807, 2.05) is 36.8 Å². The first-order valence-electron chi connectivity index (χ1n) is 12.8. The lowest BCUT2D eigenvalue weighted by Crippen LogP contribution is -2.30. The number of aromatic nitrogens is 3. The van der Waals surface area contributed by atoms with Crippen molar-refractivity contribution < 1.29 is 0 Å². The number of nitrogens with zero attached hydrogens (tertiary/aromatic N) is 5. The lowest BCUT2D eigenvalue weighted by atomic mass is 10.1. The van der Waals surface area contributed by atoms with Crippen molar-refractivity contribution in [2.24, 2.45) is 0 Å². The molecule has 0 bridgehead atoms. The van der Waals surface area contributed by atoms with Gasteiger partial charge in [0.15, 0.2) is 0 Å². The lowest BCUT2D eigenvalue weighted by molar-refractivity contribution is 0.203. The van der Waals surface area contributed by atoms with Gasteiger partial charge in [-0.3, -0.25) is 24.8 Å². The molecule has 0 unspecified atom stereocenters. The van der Waals surface area contributed by atoms with Crippen molar-refractivity contribution in [3.05, 3.63) is 125 Å². The molecule has 4 rings (SSSR count). The van der Waals surface area contributed by atoms with E-state index in [2.05, 4.69) is 94.1 Å². The molecule has 3 aromatic heterocycles. The number of pyridine rings is 3. The normalized spacial score (nSPS) is 11.4. The van der Waals surface area contributed by atoms with Gasteiger partial charge in [-0.05, 0) is 67.6 Å². The minimum atomic E-state index is 0.820. The molecular weight excluding hydrogens is 442 g/mol. The highest BCUT2D eigenvalue weighted by Crippen LogP contribution is 2.15. The van der Waals surface area contributed by atoms with Crippen molar-refractivity contribution in [2.75, 3.05) is 13.1 Å². The first kappa shape index (κ1) is 25.7. The molecule has 0 saturated heterocycles. The number of benzene rings is 1. The number of aryl methyl sites for hydroxylation is 3. The first-order chi connectivity index (χ1) is 17.6.